The van der Waals surface area contributed by atoms with Crippen molar-refractivity contribution in [2.24, 2.45) is 0 Å². The van der Waals surface area contributed by atoms with Gasteiger partial charge in [0.1, 0.15) is 16.8 Å². The average Bonchev–Trinajstić information content (AvgIpc) is 2.40. The van der Waals surface area contributed by atoms with Gasteiger partial charge in [-0.25, -0.2) is 8.42 Å². The number of rotatable bonds is 1. The van der Waals surface area contributed by atoms with Crippen molar-refractivity contribution < 1.29 is 13.5 Å². The van der Waals surface area contributed by atoms with Gasteiger partial charge in [0.25, 0.3) is 0 Å². The summed E-state index contributed by atoms with van der Waals surface area (Å²) in [7, 11) is -3.63. The predicted molar refractivity (Wildman–Crippen MR) is 76.2 cm³/mol. The number of hydrogen-bond acceptors (Lipinski definition) is 4. The lowest BCUT2D eigenvalue weighted by Gasteiger charge is -2.28. The van der Waals surface area contributed by atoms with E-state index in [1.807, 2.05) is 0 Å². The minimum absolute atomic E-state index is 0.125. The van der Waals surface area contributed by atoms with Crippen molar-refractivity contribution in [3.63, 3.8) is 0 Å². The molecule has 2 aromatic carbocycles. The first-order valence-electron chi connectivity index (χ1n) is 5.83. The van der Waals surface area contributed by atoms with E-state index in [4.69, 9.17) is 11.6 Å². The topological polar surface area (TPSA) is 78.4 Å². The van der Waals surface area contributed by atoms with Crippen LogP contribution in [0.3, 0.4) is 0 Å². The fraction of sp³-hybridized carbons (Fsp3) is 0.0769. The lowest BCUT2D eigenvalue weighted by atomic mass is 10.1. The maximum Gasteiger partial charge on any atom is 0.244 e. The summed E-state index contributed by atoms with van der Waals surface area (Å²) in [6.07, 6.45) is -0.589. The second kappa shape index (κ2) is 4.66. The molecule has 0 spiro atoms. The standard InChI is InChI=1S/C13H11ClN2O3S/c14-9-3-6-11-12(7-9)20(18,19)16-13(15-11)8-1-4-10(17)5-2-8/h1-7,13,15-17H. The van der Waals surface area contributed by atoms with Gasteiger partial charge in [0.05, 0.1) is 5.69 Å². The number of nitrogens with one attached hydrogen (secondary N) is 2. The van der Waals surface area contributed by atoms with E-state index in [0.717, 1.165) is 0 Å². The minimum Gasteiger partial charge on any atom is -0.508 e. The van der Waals surface area contributed by atoms with E-state index in [1.54, 1.807) is 24.3 Å². The number of anilines is 1. The van der Waals surface area contributed by atoms with Gasteiger partial charge in [0.15, 0.2) is 0 Å². The summed E-state index contributed by atoms with van der Waals surface area (Å²) in [5.41, 5.74) is 1.19. The minimum atomic E-state index is -3.63. The molecule has 0 fully saturated rings. The van der Waals surface area contributed by atoms with E-state index in [0.29, 0.717) is 16.3 Å². The van der Waals surface area contributed by atoms with Crippen LogP contribution in [0.5, 0.6) is 5.75 Å². The van der Waals surface area contributed by atoms with Gasteiger partial charge in [0, 0.05) is 5.02 Å². The molecule has 1 aliphatic heterocycles. The van der Waals surface area contributed by atoms with Crippen LogP contribution in [-0.4, -0.2) is 13.5 Å². The first kappa shape index (κ1) is 13.2. The molecule has 0 saturated heterocycles. The first-order valence-corrected chi connectivity index (χ1v) is 7.69. The van der Waals surface area contributed by atoms with E-state index in [9.17, 15) is 13.5 Å². The third kappa shape index (κ3) is 2.33. The number of fused-ring (bicyclic) bond motifs is 1. The van der Waals surface area contributed by atoms with Crippen molar-refractivity contribution in [3.8, 4) is 5.75 Å². The van der Waals surface area contributed by atoms with Gasteiger partial charge in [-0.1, -0.05) is 23.7 Å². The summed E-state index contributed by atoms with van der Waals surface area (Å²) in [5.74, 6) is 0.125. The Hall–Kier alpha value is -1.76. The van der Waals surface area contributed by atoms with Crippen molar-refractivity contribution in [3.05, 3.63) is 53.1 Å². The summed E-state index contributed by atoms with van der Waals surface area (Å²) in [6.45, 7) is 0. The number of benzene rings is 2. The largest absolute Gasteiger partial charge is 0.508 e. The highest BCUT2D eigenvalue weighted by Crippen LogP contribution is 2.33. The van der Waals surface area contributed by atoms with Gasteiger partial charge >= 0.3 is 0 Å². The third-order valence-corrected chi connectivity index (χ3v) is 4.73. The molecule has 2 aromatic rings. The van der Waals surface area contributed by atoms with Gasteiger partial charge < -0.3 is 10.4 Å². The molecule has 20 heavy (non-hydrogen) atoms. The number of phenols is 1. The Kier molecular flexibility index (Phi) is 3.08. The van der Waals surface area contributed by atoms with E-state index in [-0.39, 0.29) is 10.6 Å². The van der Waals surface area contributed by atoms with Crippen molar-refractivity contribution in [1.82, 2.24) is 4.72 Å². The van der Waals surface area contributed by atoms with Gasteiger partial charge in [-0.15, -0.1) is 0 Å². The van der Waals surface area contributed by atoms with E-state index in [1.165, 1.54) is 18.2 Å². The van der Waals surface area contributed by atoms with Gasteiger partial charge in [-0.3, -0.25) is 0 Å². The molecule has 1 heterocycles. The third-order valence-electron chi connectivity index (χ3n) is 3.03. The second-order valence-electron chi connectivity index (χ2n) is 4.43. The molecule has 7 heteroatoms. The number of halogens is 1. The zero-order valence-electron chi connectivity index (χ0n) is 10.2. The van der Waals surface area contributed by atoms with E-state index in [2.05, 4.69) is 10.0 Å². The van der Waals surface area contributed by atoms with Crippen LogP contribution in [0.4, 0.5) is 5.69 Å². The van der Waals surface area contributed by atoms with Crippen LogP contribution in [0.15, 0.2) is 47.4 Å². The molecule has 5 nitrogen and oxygen atoms in total. The maximum atomic E-state index is 12.2. The SMILES string of the molecule is O=S1(=O)NC(c2ccc(O)cc2)Nc2ccc(Cl)cc21. The van der Waals surface area contributed by atoms with Crippen molar-refractivity contribution in [2.45, 2.75) is 11.1 Å². The number of hydrogen-bond donors (Lipinski definition) is 3. The van der Waals surface area contributed by atoms with E-state index < -0.39 is 16.2 Å². The highest BCUT2D eigenvalue weighted by atomic mass is 35.5. The maximum absolute atomic E-state index is 12.2. The Balaban J connectivity index is 2.04. The summed E-state index contributed by atoms with van der Waals surface area (Å²) >= 11 is 5.83. The fourth-order valence-electron chi connectivity index (χ4n) is 2.06. The van der Waals surface area contributed by atoms with Gasteiger partial charge in [0.2, 0.25) is 10.0 Å². The lowest BCUT2D eigenvalue weighted by Crippen LogP contribution is -2.38. The summed E-state index contributed by atoms with van der Waals surface area (Å²) < 4.78 is 27.0. The Morgan fingerprint density at radius 2 is 1.80 bits per heavy atom. The molecule has 0 bridgehead atoms. The Morgan fingerprint density at radius 1 is 1.10 bits per heavy atom. The van der Waals surface area contributed by atoms with Crippen molar-refractivity contribution in [2.75, 3.05) is 5.32 Å². The summed E-state index contributed by atoms with van der Waals surface area (Å²) in [4.78, 5) is 0.125. The smallest absolute Gasteiger partial charge is 0.244 e. The molecule has 3 N–H and O–H groups in total. The van der Waals surface area contributed by atoms with Crippen LogP contribution in [0.1, 0.15) is 11.7 Å². The van der Waals surface area contributed by atoms with Crippen LogP contribution < -0.4 is 10.0 Å². The second-order valence-corrected chi connectivity index (χ2v) is 6.55. The monoisotopic (exact) mass is 310 g/mol. The number of aromatic hydroxyl groups is 1. The fourth-order valence-corrected chi connectivity index (χ4v) is 3.63. The molecule has 0 aliphatic carbocycles. The molecule has 1 aliphatic rings. The average molecular weight is 311 g/mol. The van der Waals surface area contributed by atoms with Crippen LogP contribution in [0.2, 0.25) is 5.02 Å². The summed E-state index contributed by atoms with van der Waals surface area (Å²) in [6, 6.07) is 11.0. The summed E-state index contributed by atoms with van der Waals surface area (Å²) in [5, 5.41) is 12.7. The van der Waals surface area contributed by atoms with E-state index >= 15 is 0 Å². The zero-order chi connectivity index (χ0) is 14.3. The van der Waals surface area contributed by atoms with Crippen LogP contribution in [0.25, 0.3) is 0 Å². The van der Waals surface area contributed by atoms with Crippen LogP contribution in [-0.2, 0) is 10.0 Å². The van der Waals surface area contributed by atoms with Crippen molar-refractivity contribution in [1.29, 1.82) is 0 Å². The first-order chi connectivity index (χ1) is 9.45. The Bertz CT molecular complexity index is 760. The molecule has 0 amide bonds. The molecule has 1 unspecified atom stereocenters. The zero-order valence-corrected chi connectivity index (χ0v) is 11.7. The molecule has 0 radical (unpaired) electrons. The Morgan fingerprint density at radius 3 is 2.50 bits per heavy atom. The molecular formula is C13H11ClN2O3S. The number of phenolic OH excluding ortho intramolecular Hbond substituents is 1. The molecule has 0 saturated carbocycles. The predicted octanol–water partition coefficient (Wildman–Crippen LogP) is 2.45. The lowest BCUT2D eigenvalue weighted by molar-refractivity contribution is 0.475. The van der Waals surface area contributed by atoms with Crippen molar-refractivity contribution >= 4 is 27.3 Å². The van der Waals surface area contributed by atoms with Crippen LogP contribution >= 0.6 is 11.6 Å². The highest BCUT2D eigenvalue weighted by molar-refractivity contribution is 7.89. The molecule has 104 valence electrons. The Labute approximate surface area is 121 Å². The van der Waals surface area contributed by atoms with Gasteiger partial charge in [-0.05, 0) is 35.9 Å². The molecule has 0 aromatic heterocycles. The van der Waals surface area contributed by atoms with Crippen LogP contribution in [0, 0.1) is 0 Å². The highest BCUT2D eigenvalue weighted by Gasteiger charge is 2.30. The molecule has 1 atom stereocenters. The molecule has 3 rings (SSSR count). The molecular weight excluding hydrogens is 300 g/mol. The normalized spacial score (nSPS) is 19.9. The quantitative estimate of drug-likeness (QED) is 0.756. The van der Waals surface area contributed by atoms with Gasteiger partial charge in [-0.2, -0.15) is 4.72 Å². The number of sulfonamides is 1.